The van der Waals surface area contributed by atoms with E-state index in [-0.39, 0.29) is 11.7 Å². The molecule has 0 aliphatic carbocycles. The van der Waals surface area contributed by atoms with Crippen molar-refractivity contribution in [3.05, 3.63) is 83.7 Å². The van der Waals surface area contributed by atoms with Crippen LogP contribution >= 0.6 is 0 Å². The van der Waals surface area contributed by atoms with Gasteiger partial charge in [-0.1, -0.05) is 42.5 Å². The fourth-order valence-electron chi connectivity index (χ4n) is 5.19. The lowest BCUT2D eigenvalue weighted by Gasteiger charge is -2.41. The number of ether oxygens (including phenoxy) is 2. The van der Waals surface area contributed by atoms with Gasteiger partial charge in [0.05, 0.1) is 25.2 Å². The third-order valence-electron chi connectivity index (χ3n) is 7.46. The molecule has 202 valence electrons. The van der Waals surface area contributed by atoms with Gasteiger partial charge in [0.1, 0.15) is 11.6 Å². The molecule has 0 unspecified atom stereocenters. The second-order valence-corrected chi connectivity index (χ2v) is 9.87. The standard InChI is InChI=1S/C30H32FN5O3/c1-38-25-16-23-24(17-26(25)39-2)34-29(35-27(23)32)36-14-12-30(13-15-36,18-20-8-10-22(31)11-9-20)28(37)33-19-21-6-4-3-5-7-21/h3-11,16-17H,12-15,18-19H2,1-2H3,(H,33,37)(H2,32,34,35). The molecule has 4 aromatic rings. The minimum absolute atomic E-state index is 0.00824. The number of aromatic nitrogens is 2. The highest BCUT2D eigenvalue weighted by molar-refractivity contribution is 5.92. The van der Waals surface area contributed by atoms with Gasteiger partial charge in [0.2, 0.25) is 11.9 Å². The Morgan fingerprint density at radius 1 is 0.974 bits per heavy atom. The van der Waals surface area contributed by atoms with Crippen LogP contribution in [0.15, 0.2) is 66.7 Å². The number of nitrogens with zero attached hydrogens (tertiary/aromatic N) is 3. The lowest BCUT2D eigenvalue weighted by molar-refractivity contribution is -0.132. The molecule has 0 saturated carbocycles. The molecule has 1 fully saturated rings. The first kappa shape index (κ1) is 26.2. The summed E-state index contributed by atoms with van der Waals surface area (Å²) in [6, 6.07) is 19.8. The fourth-order valence-corrected chi connectivity index (χ4v) is 5.19. The van der Waals surface area contributed by atoms with Crippen molar-refractivity contribution in [2.24, 2.45) is 5.41 Å². The predicted molar refractivity (Wildman–Crippen MR) is 149 cm³/mol. The summed E-state index contributed by atoms with van der Waals surface area (Å²) in [7, 11) is 3.14. The van der Waals surface area contributed by atoms with E-state index in [1.165, 1.54) is 12.1 Å². The van der Waals surface area contributed by atoms with Crippen molar-refractivity contribution in [3.8, 4) is 11.5 Å². The van der Waals surface area contributed by atoms with E-state index in [1.807, 2.05) is 30.3 Å². The summed E-state index contributed by atoms with van der Waals surface area (Å²) in [5, 5.41) is 3.82. The zero-order valence-electron chi connectivity index (χ0n) is 22.1. The molecule has 9 heteroatoms. The second-order valence-electron chi connectivity index (χ2n) is 9.87. The van der Waals surface area contributed by atoms with Gasteiger partial charge in [0, 0.05) is 31.1 Å². The van der Waals surface area contributed by atoms with E-state index in [2.05, 4.69) is 15.2 Å². The van der Waals surface area contributed by atoms with Gasteiger partial charge in [-0.2, -0.15) is 4.98 Å². The van der Waals surface area contributed by atoms with E-state index in [1.54, 1.807) is 38.5 Å². The smallest absolute Gasteiger partial charge is 0.227 e. The number of nitrogen functional groups attached to an aromatic ring is 1. The Morgan fingerprint density at radius 3 is 2.31 bits per heavy atom. The third-order valence-corrected chi connectivity index (χ3v) is 7.46. The number of hydrogen-bond donors (Lipinski definition) is 2. The normalized spacial score (nSPS) is 14.7. The lowest BCUT2D eigenvalue weighted by Crippen LogP contribution is -2.50. The highest BCUT2D eigenvalue weighted by Gasteiger charge is 2.42. The van der Waals surface area contributed by atoms with E-state index in [0.29, 0.717) is 73.1 Å². The zero-order chi connectivity index (χ0) is 27.4. The number of fused-ring (bicyclic) bond motifs is 1. The summed E-state index contributed by atoms with van der Waals surface area (Å²) < 4.78 is 24.4. The summed E-state index contributed by atoms with van der Waals surface area (Å²) in [6.07, 6.45) is 1.68. The Kier molecular flexibility index (Phi) is 7.49. The average molecular weight is 530 g/mol. The number of amides is 1. The maximum Gasteiger partial charge on any atom is 0.227 e. The average Bonchev–Trinajstić information content (AvgIpc) is 2.97. The molecule has 2 heterocycles. The largest absolute Gasteiger partial charge is 0.493 e. The van der Waals surface area contributed by atoms with Gasteiger partial charge >= 0.3 is 0 Å². The summed E-state index contributed by atoms with van der Waals surface area (Å²) in [4.78, 5) is 25.1. The summed E-state index contributed by atoms with van der Waals surface area (Å²) in [5.74, 6) is 1.66. The quantitative estimate of drug-likeness (QED) is 0.346. The van der Waals surface area contributed by atoms with Crippen LogP contribution in [0.3, 0.4) is 0 Å². The Hall–Kier alpha value is -4.40. The molecule has 1 aliphatic rings. The Balaban J connectivity index is 1.38. The monoisotopic (exact) mass is 529 g/mol. The highest BCUT2D eigenvalue weighted by Crippen LogP contribution is 2.38. The summed E-state index contributed by atoms with van der Waals surface area (Å²) in [5.41, 5.74) is 8.28. The number of benzene rings is 3. The molecule has 0 spiro atoms. The number of anilines is 2. The van der Waals surface area contributed by atoms with Gasteiger partial charge in [-0.3, -0.25) is 4.79 Å². The van der Waals surface area contributed by atoms with Gasteiger partial charge in [-0.25, -0.2) is 9.37 Å². The van der Waals surface area contributed by atoms with E-state index < -0.39 is 5.41 Å². The molecule has 5 rings (SSSR count). The van der Waals surface area contributed by atoms with Crippen LogP contribution < -0.4 is 25.4 Å². The molecular formula is C30H32FN5O3. The first-order chi connectivity index (χ1) is 18.9. The Labute approximate surface area is 227 Å². The van der Waals surface area contributed by atoms with Crippen LogP contribution in [0.1, 0.15) is 24.0 Å². The molecule has 1 amide bonds. The van der Waals surface area contributed by atoms with Crippen molar-refractivity contribution >= 4 is 28.6 Å². The predicted octanol–water partition coefficient (Wildman–Crippen LogP) is 4.51. The van der Waals surface area contributed by atoms with Crippen LogP contribution in [0, 0.1) is 11.2 Å². The van der Waals surface area contributed by atoms with Crippen LogP contribution in [0.25, 0.3) is 10.9 Å². The van der Waals surface area contributed by atoms with Crippen molar-refractivity contribution in [1.29, 1.82) is 0 Å². The van der Waals surface area contributed by atoms with Crippen molar-refractivity contribution in [2.45, 2.75) is 25.8 Å². The fraction of sp³-hybridized carbons (Fsp3) is 0.300. The number of piperidine rings is 1. The SMILES string of the molecule is COc1cc2nc(N3CCC(Cc4ccc(F)cc4)(C(=O)NCc4ccccc4)CC3)nc(N)c2cc1OC. The molecule has 39 heavy (non-hydrogen) atoms. The van der Waals surface area contributed by atoms with Gasteiger partial charge in [0.15, 0.2) is 11.5 Å². The Morgan fingerprint density at radius 2 is 1.64 bits per heavy atom. The van der Waals surface area contributed by atoms with Gasteiger partial charge in [-0.05, 0) is 48.6 Å². The first-order valence-electron chi connectivity index (χ1n) is 12.9. The number of methoxy groups -OCH3 is 2. The highest BCUT2D eigenvalue weighted by atomic mass is 19.1. The zero-order valence-corrected chi connectivity index (χ0v) is 22.1. The van der Waals surface area contributed by atoms with E-state index in [4.69, 9.17) is 20.2 Å². The molecule has 8 nitrogen and oxygen atoms in total. The Bertz CT molecular complexity index is 1460. The molecule has 0 atom stereocenters. The minimum atomic E-state index is -0.651. The molecule has 3 aromatic carbocycles. The first-order valence-corrected chi connectivity index (χ1v) is 12.9. The number of carbonyl (C=O) groups excluding carboxylic acids is 1. The molecule has 1 aromatic heterocycles. The maximum atomic E-state index is 13.7. The van der Waals surface area contributed by atoms with Crippen molar-refractivity contribution in [3.63, 3.8) is 0 Å². The molecule has 1 aliphatic heterocycles. The van der Waals surface area contributed by atoms with Gasteiger partial charge in [0.25, 0.3) is 0 Å². The number of halogens is 1. The molecular weight excluding hydrogens is 497 g/mol. The van der Waals surface area contributed by atoms with E-state index in [0.717, 1.165) is 11.1 Å². The number of carbonyl (C=O) groups is 1. The minimum Gasteiger partial charge on any atom is -0.493 e. The number of nitrogens with one attached hydrogen (secondary N) is 1. The second kappa shape index (κ2) is 11.1. The van der Waals surface area contributed by atoms with Crippen LogP contribution in [0.5, 0.6) is 11.5 Å². The summed E-state index contributed by atoms with van der Waals surface area (Å²) >= 11 is 0. The number of rotatable bonds is 8. The van der Waals surface area contributed by atoms with E-state index in [9.17, 15) is 9.18 Å². The van der Waals surface area contributed by atoms with Gasteiger partial charge in [-0.15, -0.1) is 0 Å². The van der Waals surface area contributed by atoms with Crippen LogP contribution in [0.4, 0.5) is 16.2 Å². The van der Waals surface area contributed by atoms with Crippen molar-refractivity contribution in [1.82, 2.24) is 15.3 Å². The van der Waals surface area contributed by atoms with Crippen LogP contribution in [-0.4, -0.2) is 43.2 Å². The topological polar surface area (TPSA) is 103 Å². The lowest BCUT2D eigenvalue weighted by atomic mass is 9.73. The maximum absolute atomic E-state index is 13.7. The van der Waals surface area contributed by atoms with Gasteiger partial charge < -0.3 is 25.4 Å². The summed E-state index contributed by atoms with van der Waals surface area (Å²) in [6.45, 7) is 1.58. The molecule has 1 saturated heterocycles. The van der Waals surface area contributed by atoms with E-state index >= 15 is 0 Å². The third kappa shape index (κ3) is 5.57. The van der Waals surface area contributed by atoms with Crippen molar-refractivity contribution in [2.75, 3.05) is 37.9 Å². The van der Waals surface area contributed by atoms with Crippen molar-refractivity contribution < 1.29 is 18.7 Å². The molecule has 0 radical (unpaired) electrons. The number of hydrogen-bond acceptors (Lipinski definition) is 7. The van der Waals surface area contributed by atoms with Crippen LogP contribution in [-0.2, 0) is 17.8 Å². The molecule has 0 bridgehead atoms. The van der Waals surface area contributed by atoms with Crippen LogP contribution in [0.2, 0.25) is 0 Å². The molecule has 3 N–H and O–H groups in total. The number of nitrogens with two attached hydrogens (primary N) is 1.